The van der Waals surface area contributed by atoms with Crippen molar-refractivity contribution in [2.24, 2.45) is 0 Å². The van der Waals surface area contributed by atoms with E-state index < -0.39 is 21.7 Å². The Kier molecular flexibility index (Phi) is 6.52. The SMILES string of the molecule is CS(=O)(=O)N(CC(=O)NCc1ccccc1Cl)Cc1ccc(F)cc1. The van der Waals surface area contributed by atoms with Crippen LogP contribution in [0.25, 0.3) is 0 Å². The van der Waals surface area contributed by atoms with Crippen LogP contribution >= 0.6 is 11.6 Å². The molecule has 0 aliphatic rings. The van der Waals surface area contributed by atoms with Gasteiger partial charge in [0.05, 0.1) is 12.8 Å². The number of hydrogen-bond acceptors (Lipinski definition) is 3. The molecule has 0 radical (unpaired) electrons. The molecule has 0 spiro atoms. The minimum absolute atomic E-state index is 0.0153. The van der Waals surface area contributed by atoms with E-state index in [0.29, 0.717) is 10.6 Å². The first-order valence-corrected chi connectivity index (χ1v) is 9.68. The summed E-state index contributed by atoms with van der Waals surface area (Å²) >= 11 is 6.02. The average Bonchev–Trinajstić information content (AvgIpc) is 2.54. The second-order valence-corrected chi connectivity index (χ2v) is 7.92. The van der Waals surface area contributed by atoms with Crippen LogP contribution < -0.4 is 5.32 Å². The van der Waals surface area contributed by atoms with Gasteiger partial charge in [-0.05, 0) is 29.3 Å². The first kappa shape index (κ1) is 19.4. The standard InChI is InChI=1S/C17H18ClFN2O3S/c1-25(23,24)21(11-13-6-8-15(19)9-7-13)12-17(22)20-10-14-4-2-3-5-16(14)18/h2-9H,10-12H2,1H3,(H,20,22). The highest BCUT2D eigenvalue weighted by atomic mass is 35.5. The van der Waals surface area contributed by atoms with E-state index in [9.17, 15) is 17.6 Å². The third-order valence-electron chi connectivity index (χ3n) is 3.50. The maximum absolute atomic E-state index is 13.0. The smallest absolute Gasteiger partial charge is 0.235 e. The summed E-state index contributed by atoms with van der Waals surface area (Å²) < 4.78 is 37.8. The van der Waals surface area contributed by atoms with E-state index in [1.165, 1.54) is 24.3 Å². The van der Waals surface area contributed by atoms with Gasteiger partial charge in [-0.2, -0.15) is 4.31 Å². The number of carbonyl (C=O) groups is 1. The molecule has 2 aromatic rings. The summed E-state index contributed by atoms with van der Waals surface area (Å²) in [4.78, 5) is 12.1. The Labute approximate surface area is 151 Å². The Bertz CT molecular complexity index is 841. The van der Waals surface area contributed by atoms with Crippen LogP contribution in [0.1, 0.15) is 11.1 Å². The van der Waals surface area contributed by atoms with Gasteiger partial charge in [-0.1, -0.05) is 41.9 Å². The molecule has 5 nitrogen and oxygen atoms in total. The number of nitrogens with zero attached hydrogens (tertiary/aromatic N) is 1. The summed E-state index contributed by atoms with van der Waals surface area (Å²) in [7, 11) is -3.61. The molecule has 25 heavy (non-hydrogen) atoms. The molecular formula is C17H18ClFN2O3S. The molecule has 0 atom stereocenters. The second-order valence-electron chi connectivity index (χ2n) is 5.53. The van der Waals surface area contributed by atoms with Gasteiger partial charge in [0.25, 0.3) is 0 Å². The van der Waals surface area contributed by atoms with Crippen molar-refractivity contribution in [3.05, 3.63) is 70.5 Å². The van der Waals surface area contributed by atoms with Crippen molar-refractivity contribution in [1.82, 2.24) is 9.62 Å². The number of amides is 1. The normalized spacial score (nSPS) is 11.5. The molecule has 0 aliphatic carbocycles. The van der Waals surface area contributed by atoms with Gasteiger partial charge in [0.1, 0.15) is 5.82 Å². The summed E-state index contributed by atoms with van der Waals surface area (Å²) in [6, 6.07) is 12.5. The molecule has 0 bridgehead atoms. The third-order valence-corrected chi connectivity index (χ3v) is 5.06. The molecule has 2 rings (SSSR count). The van der Waals surface area contributed by atoms with Crippen molar-refractivity contribution >= 4 is 27.5 Å². The lowest BCUT2D eigenvalue weighted by Gasteiger charge is -2.19. The van der Waals surface area contributed by atoms with Gasteiger partial charge in [0.2, 0.25) is 15.9 Å². The lowest BCUT2D eigenvalue weighted by Crippen LogP contribution is -2.39. The van der Waals surface area contributed by atoms with Crippen LogP contribution in [0.15, 0.2) is 48.5 Å². The molecule has 1 amide bonds. The zero-order chi connectivity index (χ0) is 18.4. The Morgan fingerprint density at radius 2 is 1.80 bits per heavy atom. The van der Waals surface area contributed by atoms with Crippen LogP contribution in [0, 0.1) is 5.82 Å². The molecule has 0 aromatic heterocycles. The Hall–Kier alpha value is -1.96. The molecule has 0 unspecified atom stereocenters. The minimum atomic E-state index is -3.61. The molecule has 0 heterocycles. The fourth-order valence-electron chi connectivity index (χ4n) is 2.14. The lowest BCUT2D eigenvalue weighted by atomic mass is 10.2. The molecule has 0 saturated carbocycles. The van der Waals surface area contributed by atoms with Crippen LogP contribution in [0.2, 0.25) is 5.02 Å². The third kappa shape index (κ3) is 6.12. The molecule has 0 fully saturated rings. The predicted molar refractivity (Wildman–Crippen MR) is 95.0 cm³/mol. The van der Waals surface area contributed by atoms with Gasteiger partial charge in [0.15, 0.2) is 0 Å². The highest BCUT2D eigenvalue weighted by Gasteiger charge is 2.20. The van der Waals surface area contributed by atoms with Gasteiger partial charge < -0.3 is 5.32 Å². The van der Waals surface area contributed by atoms with E-state index in [-0.39, 0.29) is 19.6 Å². The van der Waals surface area contributed by atoms with Crippen molar-refractivity contribution in [3.8, 4) is 0 Å². The van der Waals surface area contributed by atoms with E-state index in [4.69, 9.17) is 11.6 Å². The van der Waals surface area contributed by atoms with Gasteiger partial charge in [-0.15, -0.1) is 0 Å². The molecule has 8 heteroatoms. The Balaban J connectivity index is 2.00. The fraction of sp³-hybridized carbons (Fsp3) is 0.235. The molecule has 0 saturated heterocycles. The number of sulfonamides is 1. The maximum atomic E-state index is 13.0. The van der Waals surface area contributed by atoms with Crippen molar-refractivity contribution in [2.45, 2.75) is 13.1 Å². The first-order chi connectivity index (χ1) is 11.8. The maximum Gasteiger partial charge on any atom is 0.235 e. The van der Waals surface area contributed by atoms with Crippen molar-refractivity contribution in [3.63, 3.8) is 0 Å². The fourth-order valence-corrected chi connectivity index (χ4v) is 3.07. The highest BCUT2D eigenvalue weighted by Crippen LogP contribution is 2.14. The number of benzene rings is 2. The summed E-state index contributed by atoms with van der Waals surface area (Å²) in [5, 5.41) is 3.17. The quantitative estimate of drug-likeness (QED) is 0.797. The molecule has 134 valence electrons. The van der Waals surface area contributed by atoms with Gasteiger partial charge >= 0.3 is 0 Å². The molecule has 2 aromatic carbocycles. The van der Waals surface area contributed by atoms with Crippen molar-refractivity contribution in [2.75, 3.05) is 12.8 Å². The molecule has 1 N–H and O–H groups in total. The highest BCUT2D eigenvalue weighted by molar-refractivity contribution is 7.88. The van der Waals surface area contributed by atoms with E-state index in [1.54, 1.807) is 24.3 Å². The Morgan fingerprint density at radius 1 is 1.16 bits per heavy atom. The summed E-state index contributed by atoms with van der Waals surface area (Å²) in [5.41, 5.74) is 1.33. The largest absolute Gasteiger partial charge is 0.351 e. The monoisotopic (exact) mass is 384 g/mol. The van der Waals surface area contributed by atoms with Gasteiger partial charge in [-0.25, -0.2) is 12.8 Å². The van der Waals surface area contributed by atoms with Gasteiger partial charge in [-0.3, -0.25) is 4.79 Å². The molecule has 0 aliphatic heterocycles. The summed E-state index contributed by atoms with van der Waals surface area (Å²) in [6.45, 7) is -0.147. The van der Waals surface area contributed by atoms with Crippen LogP contribution in [-0.2, 0) is 27.9 Å². The molecular weight excluding hydrogens is 367 g/mol. The number of hydrogen-bond donors (Lipinski definition) is 1. The number of rotatable bonds is 7. The van der Waals surface area contributed by atoms with Crippen molar-refractivity contribution < 1.29 is 17.6 Å². The van der Waals surface area contributed by atoms with Crippen LogP contribution in [-0.4, -0.2) is 31.4 Å². The predicted octanol–water partition coefficient (Wildman–Crippen LogP) is 2.56. The van der Waals surface area contributed by atoms with E-state index >= 15 is 0 Å². The van der Waals surface area contributed by atoms with Crippen LogP contribution in [0.3, 0.4) is 0 Å². The Morgan fingerprint density at radius 3 is 2.40 bits per heavy atom. The van der Waals surface area contributed by atoms with E-state index in [1.807, 2.05) is 0 Å². The first-order valence-electron chi connectivity index (χ1n) is 7.45. The minimum Gasteiger partial charge on any atom is -0.351 e. The van der Waals surface area contributed by atoms with E-state index in [0.717, 1.165) is 16.1 Å². The average molecular weight is 385 g/mol. The zero-order valence-corrected chi connectivity index (χ0v) is 15.1. The van der Waals surface area contributed by atoms with E-state index in [2.05, 4.69) is 5.32 Å². The number of nitrogens with one attached hydrogen (secondary N) is 1. The van der Waals surface area contributed by atoms with Gasteiger partial charge in [0, 0.05) is 18.1 Å². The lowest BCUT2D eigenvalue weighted by molar-refractivity contribution is -0.121. The zero-order valence-electron chi connectivity index (χ0n) is 13.6. The number of carbonyl (C=O) groups excluding carboxylic acids is 1. The summed E-state index contributed by atoms with van der Waals surface area (Å²) in [5.74, 6) is -0.861. The topological polar surface area (TPSA) is 66.5 Å². The second kappa shape index (κ2) is 8.42. The summed E-state index contributed by atoms with van der Waals surface area (Å²) in [6.07, 6.45) is 1.03. The van der Waals surface area contributed by atoms with Crippen LogP contribution in [0.5, 0.6) is 0 Å². The van der Waals surface area contributed by atoms with Crippen LogP contribution in [0.4, 0.5) is 4.39 Å². The number of halogens is 2. The van der Waals surface area contributed by atoms with Crippen molar-refractivity contribution in [1.29, 1.82) is 0 Å².